The molecule has 0 radical (unpaired) electrons. The molecule has 12 heteroatoms. The number of ether oxygens (including phenoxy) is 4. The minimum atomic E-state index is -1.25. The number of aliphatic hydroxyl groups is 3. The van der Waals surface area contributed by atoms with Crippen molar-refractivity contribution in [2.75, 3.05) is 33.3 Å². The zero-order valence-electron chi connectivity index (χ0n) is 17.1. The Labute approximate surface area is 177 Å². The predicted octanol–water partition coefficient (Wildman–Crippen LogP) is 0.207. The van der Waals surface area contributed by atoms with Crippen LogP contribution in [0.2, 0.25) is 0 Å². The van der Waals surface area contributed by atoms with E-state index < -0.39 is 31.1 Å². The lowest BCUT2D eigenvalue weighted by molar-refractivity contribution is -0.0511. The van der Waals surface area contributed by atoms with Gasteiger partial charge < -0.3 is 39.6 Å². The second kappa shape index (κ2) is 8.51. The quantitative estimate of drug-likeness (QED) is 0.404. The number of hydrogen-bond donors (Lipinski definition) is 4. The second-order valence-corrected chi connectivity index (χ2v) is 6.81. The highest BCUT2D eigenvalue weighted by atomic mass is 16.6. The number of aliphatic hydroxyl groups excluding tert-OH is 3. The molecule has 1 aromatic carbocycles. The highest BCUT2D eigenvalue weighted by Crippen LogP contribution is 2.41. The van der Waals surface area contributed by atoms with E-state index in [4.69, 9.17) is 18.9 Å². The summed E-state index contributed by atoms with van der Waals surface area (Å²) < 4.78 is 23.1. The Kier molecular flexibility index (Phi) is 5.78. The molecule has 1 aliphatic rings. The van der Waals surface area contributed by atoms with E-state index in [1.807, 2.05) is 0 Å². The number of anilines is 2. The number of nitrogens with one attached hydrogen (secondary N) is 1. The second-order valence-electron chi connectivity index (χ2n) is 6.81. The van der Waals surface area contributed by atoms with Gasteiger partial charge in [-0.15, -0.1) is 0 Å². The molecule has 3 heterocycles. The monoisotopic (exact) mass is 433 g/mol. The van der Waals surface area contributed by atoms with Gasteiger partial charge in [-0.25, -0.2) is 15.0 Å². The van der Waals surface area contributed by atoms with Crippen LogP contribution in [0, 0.1) is 0 Å². The molecule has 4 rings (SSSR count). The molecule has 166 valence electrons. The molecule has 0 aliphatic carbocycles. The molecule has 0 amide bonds. The Hall–Kier alpha value is -3.19. The summed E-state index contributed by atoms with van der Waals surface area (Å²) in [5, 5.41) is 32.9. The van der Waals surface area contributed by atoms with E-state index in [0.717, 1.165) is 0 Å². The van der Waals surface area contributed by atoms with Crippen LogP contribution in [-0.2, 0) is 4.74 Å². The van der Waals surface area contributed by atoms with Crippen molar-refractivity contribution >= 4 is 22.7 Å². The summed E-state index contributed by atoms with van der Waals surface area (Å²) in [5.41, 5.74) is 1.39. The molecule has 4 unspecified atom stereocenters. The summed E-state index contributed by atoms with van der Waals surface area (Å²) in [6, 6.07) is 3.44. The third-order valence-electron chi connectivity index (χ3n) is 5.08. The van der Waals surface area contributed by atoms with Gasteiger partial charge in [0.1, 0.15) is 24.6 Å². The van der Waals surface area contributed by atoms with Gasteiger partial charge >= 0.3 is 0 Å². The number of methoxy groups -OCH3 is 3. The van der Waals surface area contributed by atoms with Crippen LogP contribution < -0.4 is 19.5 Å². The van der Waals surface area contributed by atoms with Gasteiger partial charge in [-0.1, -0.05) is 0 Å². The first-order valence-corrected chi connectivity index (χ1v) is 9.39. The number of hydrogen-bond acceptors (Lipinski definition) is 11. The van der Waals surface area contributed by atoms with E-state index in [-0.39, 0.29) is 0 Å². The van der Waals surface area contributed by atoms with Crippen molar-refractivity contribution in [1.82, 2.24) is 19.5 Å². The number of benzene rings is 1. The van der Waals surface area contributed by atoms with Crippen LogP contribution in [0.5, 0.6) is 17.2 Å². The summed E-state index contributed by atoms with van der Waals surface area (Å²) in [6.07, 6.45) is -1.58. The Morgan fingerprint density at radius 1 is 1.03 bits per heavy atom. The van der Waals surface area contributed by atoms with Gasteiger partial charge in [0.2, 0.25) is 5.75 Å². The molecular formula is C19H23N5O7. The zero-order valence-corrected chi connectivity index (χ0v) is 17.1. The third kappa shape index (κ3) is 3.59. The standard InChI is InChI=1S/C19H23N5O7/c1-28-10-4-9(5-11(29-2)16(10)30-3)23-17-13-18(21-7-20-17)24(8-22-13)19-15(27)14(26)12(6-25)31-19/h4-5,7-8,12,14-15,19,25-27H,6H2,1-3H3,(H,20,21,23). The first-order chi connectivity index (χ1) is 15.0. The van der Waals surface area contributed by atoms with Gasteiger partial charge in [0.05, 0.1) is 34.3 Å². The fraction of sp³-hybridized carbons (Fsp3) is 0.421. The first kappa shape index (κ1) is 21.1. The van der Waals surface area contributed by atoms with E-state index in [0.29, 0.717) is 39.9 Å². The van der Waals surface area contributed by atoms with Crippen LogP contribution in [-0.4, -0.2) is 81.1 Å². The van der Waals surface area contributed by atoms with Crippen molar-refractivity contribution in [3.63, 3.8) is 0 Å². The molecule has 4 atom stereocenters. The van der Waals surface area contributed by atoms with E-state index in [9.17, 15) is 15.3 Å². The van der Waals surface area contributed by atoms with Gasteiger partial charge in [-0.3, -0.25) is 4.57 Å². The van der Waals surface area contributed by atoms with E-state index >= 15 is 0 Å². The molecule has 1 saturated heterocycles. The van der Waals surface area contributed by atoms with Crippen molar-refractivity contribution < 1.29 is 34.3 Å². The van der Waals surface area contributed by atoms with Crippen molar-refractivity contribution in [1.29, 1.82) is 0 Å². The van der Waals surface area contributed by atoms with Gasteiger partial charge in [-0.2, -0.15) is 0 Å². The van der Waals surface area contributed by atoms with Crippen LogP contribution in [0.15, 0.2) is 24.8 Å². The molecule has 3 aromatic rings. The maximum Gasteiger partial charge on any atom is 0.203 e. The minimum absolute atomic E-state index is 0.375. The summed E-state index contributed by atoms with van der Waals surface area (Å²) in [6.45, 7) is -0.426. The predicted molar refractivity (Wildman–Crippen MR) is 108 cm³/mol. The number of fused-ring (bicyclic) bond motifs is 1. The highest BCUT2D eigenvalue weighted by molar-refractivity contribution is 5.85. The van der Waals surface area contributed by atoms with Crippen LogP contribution in [0.4, 0.5) is 11.5 Å². The van der Waals surface area contributed by atoms with Crippen molar-refractivity contribution in [2.24, 2.45) is 0 Å². The highest BCUT2D eigenvalue weighted by Gasteiger charge is 2.44. The normalized spacial score (nSPS) is 23.2. The van der Waals surface area contributed by atoms with Crippen molar-refractivity contribution in [3.8, 4) is 17.2 Å². The first-order valence-electron chi connectivity index (χ1n) is 9.39. The molecule has 0 bridgehead atoms. The fourth-order valence-electron chi connectivity index (χ4n) is 3.53. The zero-order chi connectivity index (χ0) is 22.1. The SMILES string of the molecule is COc1cc(Nc2ncnc3c2ncn3C2OC(CO)C(O)C2O)cc(OC)c1OC. The molecule has 12 nitrogen and oxygen atoms in total. The van der Waals surface area contributed by atoms with Gasteiger partial charge in [0, 0.05) is 17.8 Å². The van der Waals surface area contributed by atoms with Crippen LogP contribution >= 0.6 is 0 Å². The summed E-state index contributed by atoms with van der Waals surface area (Å²) in [7, 11) is 4.56. The Bertz CT molecular complexity index is 1050. The topological polar surface area (TPSA) is 153 Å². The number of imidazole rings is 1. The van der Waals surface area contributed by atoms with E-state index in [1.54, 1.807) is 12.1 Å². The lowest BCUT2D eigenvalue weighted by atomic mass is 10.1. The van der Waals surface area contributed by atoms with E-state index in [1.165, 1.54) is 38.6 Å². The van der Waals surface area contributed by atoms with Crippen molar-refractivity contribution in [3.05, 3.63) is 24.8 Å². The average molecular weight is 433 g/mol. The molecule has 0 spiro atoms. The maximum atomic E-state index is 10.3. The van der Waals surface area contributed by atoms with Gasteiger partial charge in [-0.05, 0) is 0 Å². The molecule has 4 N–H and O–H groups in total. The molecule has 2 aromatic heterocycles. The maximum absolute atomic E-state index is 10.3. The number of nitrogens with zero attached hydrogens (tertiary/aromatic N) is 4. The van der Waals surface area contributed by atoms with Gasteiger partial charge in [0.25, 0.3) is 0 Å². The van der Waals surface area contributed by atoms with Crippen LogP contribution in [0.3, 0.4) is 0 Å². The lowest BCUT2D eigenvalue weighted by Crippen LogP contribution is -2.33. The van der Waals surface area contributed by atoms with Crippen molar-refractivity contribution in [2.45, 2.75) is 24.5 Å². The molecule has 31 heavy (non-hydrogen) atoms. The minimum Gasteiger partial charge on any atom is -0.493 e. The van der Waals surface area contributed by atoms with E-state index in [2.05, 4.69) is 20.3 Å². The largest absolute Gasteiger partial charge is 0.493 e. The van der Waals surface area contributed by atoms with Gasteiger partial charge in [0.15, 0.2) is 34.7 Å². The smallest absolute Gasteiger partial charge is 0.203 e. The number of rotatable bonds is 7. The third-order valence-corrected chi connectivity index (χ3v) is 5.08. The molecule has 0 saturated carbocycles. The summed E-state index contributed by atoms with van der Waals surface area (Å²) in [4.78, 5) is 12.8. The fourth-order valence-corrected chi connectivity index (χ4v) is 3.53. The molecular weight excluding hydrogens is 410 g/mol. The average Bonchev–Trinajstić information content (AvgIpc) is 3.34. The Morgan fingerprint density at radius 2 is 1.74 bits per heavy atom. The Morgan fingerprint density at radius 3 is 2.32 bits per heavy atom. The summed E-state index contributed by atoms with van der Waals surface area (Å²) >= 11 is 0. The lowest BCUT2D eigenvalue weighted by Gasteiger charge is -2.17. The Balaban J connectivity index is 1.70. The number of aromatic nitrogens is 4. The van der Waals surface area contributed by atoms with Crippen LogP contribution in [0.25, 0.3) is 11.2 Å². The van der Waals surface area contributed by atoms with Crippen LogP contribution in [0.1, 0.15) is 6.23 Å². The molecule has 1 aliphatic heterocycles. The summed E-state index contributed by atoms with van der Waals surface area (Å²) in [5.74, 6) is 1.78. The molecule has 1 fully saturated rings.